The normalized spacial score (nSPS) is 18.7. The molecule has 0 saturated carbocycles. The molecule has 0 unspecified atom stereocenters. The maximum absolute atomic E-state index is 5.61. The third-order valence-electron chi connectivity index (χ3n) is 3.91. The van der Waals surface area contributed by atoms with Gasteiger partial charge in [0.05, 0.1) is 13.2 Å². The number of fused-ring (bicyclic) bond motifs is 1. The van der Waals surface area contributed by atoms with Crippen molar-refractivity contribution in [2.24, 2.45) is 0 Å². The van der Waals surface area contributed by atoms with Gasteiger partial charge in [0.25, 0.3) is 0 Å². The molecule has 1 aromatic carbocycles. The first-order valence-corrected chi connectivity index (χ1v) is 7.81. The second-order valence-electron chi connectivity index (χ2n) is 5.43. The predicted octanol–water partition coefficient (Wildman–Crippen LogP) is 0.922. The number of nitrogens with one attached hydrogen (secondary N) is 1. The highest BCUT2D eigenvalue weighted by Gasteiger charge is 2.11. The van der Waals surface area contributed by atoms with Crippen molar-refractivity contribution in [2.75, 3.05) is 59.2 Å². The van der Waals surface area contributed by atoms with E-state index in [4.69, 9.17) is 14.2 Å². The number of ether oxygens (including phenoxy) is 3. The smallest absolute Gasteiger partial charge is 0.161 e. The average Bonchev–Trinajstić information content (AvgIpc) is 2.55. The molecule has 21 heavy (non-hydrogen) atoms. The minimum absolute atomic E-state index is 0.647. The minimum atomic E-state index is 0.647. The largest absolute Gasteiger partial charge is 0.486 e. The Morgan fingerprint density at radius 2 is 1.76 bits per heavy atom. The van der Waals surface area contributed by atoms with E-state index in [0.29, 0.717) is 13.2 Å². The summed E-state index contributed by atoms with van der Waals surface area (Å²) in [5.41, 5.74) is 1.29. The van der Waals surface area contributed by atoms with E-state index >= 15 is 0 Å². The SMILES string of the molecule is c1cc2c(cc1CCNCCN1CCOCC1)OCCO2. The van der Waals surface area contributed by atoms with Crippen LogP contribution in [0, 0.1) is 0 Å². The lowest BCUT2D eigenvalue weighted by Crippen LogP contribution is -2.40. The second-order valence-corrected chi connectivity index (χ2v) is 5.43. The molecule has 3 rings (SSSR count). The zero-order valence-electron chi connectivity index (χ0n) is 12.5. The van der Waals surface area contributed by atoms with E-state index in [1.807, 2.05) is 6.07 Å². The van der Waals surface area contributed by atoms with Crippen LogP contribution in [0.5, 0.6) is 11.5 Å². The summed E-state index contributed by atoms with van der Waals surface area (Å²) in [7, 11) is 0. The third-order valence-corrected chi connectivity index (χ3v) is 3.91. The molecule has 0 atom stereocenters. The maximum Gasteiger partial charge on any atom is 0.161 e. The molecule has 1 fully saturated rings. The molecule has 0 spiro atoms. The summed E-state index contributed by atoms with van der Waals surface area (Å²) >= 11 is 0. The Kier molecular flexibility index (Phi) is 5.32. The van der Waals surface area contributed by atoms with Gasteiger partial charge in [0.1, 0.15) is 13.2 Å². The molecule has 1 aromatic rings. The first kappa shape index (κ1) is 14.6. The average molecular weight is 292 g/mol. The van der Waals surface area contributed by atoms with Crippen LogP contribution in [-0.4, -0.2) is 64.1 Å². The maximum atomic E-state index is 5.61. The number of benzene rings is 1. The second kappa shape index (κ2) is 7.64. The first-order valence-electron chi connectivity index (χ1n) is 7.81. The molecule has 2 heterocycles. The summed E-state index contributed by atoms with van der Waals surface area (Å²) in [5.74, 6) is 1.75. The predicted molar refractivity (Wildman–Crippen MR) is 81.3 cm³/mol. The van der Waals surface area contributed by atoms with Gasteiger partial charge in [0, 0.05) is 26.2 Å². The summed E-state index contributed by atoms with van der Waals surface area (Å²) < 4.78 is 16.5. The highest BCUT2D eigenvalue weighted by atomic mass is 16.6. The summed E-state index contributed by atoms with van der Waals surface area (Å²) in [5, 5.41) is 3.51. The van der Waals surface area contributed by atoms with Gasteiger partial charge in [-0.05, 0) is 30.7 Å². The zero-order valence-corrected chi connectivity index (χ0v) is 12.5. The van der Waals surface area contributed by atoms with Crippen LogP contribution in [0.15, 0.2) is 18.2 Å². The van der Waals surface area contributed by atoms with Gasteiger partial charge in [0.15, 0.2) is 11.5 Å². The van der Waals surface area contributed by atoms with Crippen molar-refractivity contribution >= 4 is 0 Å². The van der Waals surface area contributed by atoms with Crippen LogP contribution in [-0.2, 0) is 11.2 Å². The van der Waals surface area contributed by atoms with E-state index in [0.717, 1.165) is 63.9 Å². The molecule has 1 N–H and O–H groups in total. The van der Waals surface area contributed by atoms with E-state index in [9.17, 15) is 0 Å². The summed E-state index contributed by atoms with van der Waals surface area (Å²) in [6.07, 6.45) is 1.01. The van der Waals surface area contributed by atoms with Gasteiger partial charge in [-0.3, -0.25) is 4.90 Å². The lowest BCUT2D eigenvalue weighted by atomic mass is 10.1. The molecule has 0 aromatic heterocycles. The van der Waals surface area contributed by atoms with Gasteiger partial charge in [-0.25, -0.2) is 0 Å². The molecule has 5 nitrogen and oxygen atoms in total. The van der Waals surface area contributed by atoms with Gasteiger partial charge < -0.3 is 19.5 Å². The number of hydrogen-bond donors (Lipinski definition) is 1. The van der Waals surface area contributed by atoms with Crippen LogP contribution < -0.4 is 14.8 Å². The van der Waals surface area contributed by atoms with Crippen molar-refractivity contribution in [1.82, 2.24) is 10.2 Å². The summed E-state index contributed by atoms with van der Waals surface area (Å²) in [6.45, 7) is 8.28. The molecule has 0 bridgehead atoms. The molecule has 5 heteroatoms. The van der Waals surface area contributed by atoms with Crippen molar-refractivity contribution in [2.45, 2.75) is 6.42 Å². The molecule has 0 radical (unpaired) electrons. The molecule has 2 aliphatic rings. The van der Waals surface area contributed by atoms with E-state index in [1.165, 1.54) is 5.56 Å². The lowest BCUT2D eigenvalue weighted by molar-refractivity contribution is 0.0385. The Morgan fingerprint density at radius 3 is 2.62 bits per heavy atom. The number of nitrogens with zero attached hydrogens (tertiary/aromatic N) is 1. The van der Waals surface area contributed by atoms with Crippen molar-refractivity contribution in [1.29, 1.82) is 0 Å². The molecular formula is C16H24N2O3. The Labute approximate surface area is 126 Å². The van der Waals surface area contributed by atoms with Crippen LogP contribution in [0.1, 0.15) is 5.56 Å². The van der Waals surface area contributed by atoms with Crippen LogP contribution in [0.25, 0.3) is 0 Å². The van der Waals surface area contributed by atoms with E-state index in [2.05, 4.69) is 22.3 Å². The number of hydrogen-bond acceptors (Lipinski definition) is 5. The van der Waals surface area contributed by atoms with Crippen LogP contribution >= 0.6 is 0 Å². The van der Waals surface area contributed by atoms with E-state index in [1.54, 1.807) is 0 Å². The van der Waals surface area contributed by atoms with Crippen LogP contribution in [0.3, 0.4) is 0 Å². The number of rotatable bonds is 6. The van der Waals surface area contributed by atoms with Gasteiger partial charge in [-0.1, -0.05) is 6.07 Å². The first-order chi connectivity index (χ1) is 10.4. The zero-order chi connectivity index (χ0) is 14.3. The van der Waals surface area contributed by atoms with Crippen molar-refractivity contribution in [3.8, 4) is 11.5 Å². The molecule has 1 saturated heterocycles. The third kappa shape index (κ3) is 4.33. The van der Waals surface area contributed by atoms with Gasteiger partial charge in [-0.15, -0.1) is 0 Å². The highest BCUT2D eigenvalue weighted by molar-refractivity contribution is 5.43. The Morgan fingerprint density at radius 1 is 0.952 bits per heavy atom. The van der Waals surface area contributed by atoms with Gasteiger partial charge >= 0.3 is 0 Å². The van der Waals surface area contributed by atoms with Crippen LogP contribution in [0.4, 0.5) is 0 Å². The molecule has 0 aliphatic carbocycles. The fraction of sp³-hybridized carbons (Fsp3) is 0.625. The van der Waals surface area contributed by atoms with Gasteiger partial charge in [0.2, 0.25) is 0 Å². The standard InChI is InChI=1S/C16H24N2O3/c1-2-15-16(21-12-11-20-15)13-14(1)3-4-17-5-6-18-7-9-19-10-8-18/h1-2,13,17H,3-12H2. The summed E-state index contributed by atoms with van der Waals surface area (Å²) in [6, 6.07) is 6.23. The Hall–Kier alpha value is -1.30. The monoisotopic (exact) mass is 292 g/mol. The molecule has 0 amide bonds. The van der Waals surface area contributed by atoms with Crippen LogP contribution in [0.2, 0.25) is 0 Å². The van der Waals surface area contributed by atoms with Crippen molar-refractivity contribution in [3.05, 3.63) is 23.8 Å². The van der Waals surface area contributed by atoms with E-state index in [-0.39, 0.29) is 0 Å². The van der Waals surface area contributed by atoms with Crippen molar-refractivity contribution < 1.29 is 14.2 Å². The van der Waals surface area contributed by atoms with Crippen molar-refractivity contribution in [3.63, 3.8) is 0 Å². The minimum Gasteiger partial charge on any atom is -0.486 e. The molecule has 116 valence electrons. The topological polar surface area (TPSA) is 43.0 Å². The van der Waals surface area contributed by atoms with Gasteiger partial charge in [-0.2, -0.15) is 0 Å². The van der Waals surface area contributed by atoms with E-state index < -0.39 is 0 Å². The highest BCUT2D eigenvalue weighted by Crippen LogP contribution is 2.30. The summed E-state index contributed by atoms with van der Waals surface area (Å²) in [4.78, 5) is 2.45. The molecular weight excluding hydrogens is 268 g/mol. The fourth-order valence-electron chi connectivity index (χ4n) is 2.66. The Balaban J connectivity index is 1.35. The lowest BCUT2D eigenvalue weighted by Gasteiger charge is -2.26. The molecule has 2 aliphatic heterocycles. The Bertz CT molecular complexity index is 447. The fourth-order valence-corrected chi connectivity index (χ4v) is 2.66. The quantitative estimate of drug-likeness (QED) is 0.790. The number of morpholine rings is 1.